The monoisotopic (exact) mass is 670 g/mol. The minimum Gasteiger partial charge on any atom is -0.306 e. The van der Waals surface area contributed by atoms with Crippen molar-refractivity contribution >= 4 is 50.9 Å². The molecule has 2 aromatic heterocycles. The number of hydrogen-bond donors (Lipinski definition) is 1. The van der Waals surface area contributed by atoms with Crippen molar-refractivity contribution in [2.45, 2.75) is 18.9 Å². The van der Waals surface area contributed by atoms with E-state index in [1.165, 1.54) is 4.90 Å². The molecule has 1 unspecified atom stereocenters. The van der Waals surface area contributed by atoms with Gasteiger partial charge in [-0.2, -0.15) is 0 Å². The number of imide groups is 1. The molecule has 1 aliphatic heterocycles. The van der Waals surface area contributed by atoms with Crippen LogP contribution in [0.3, 0.4) is 0 Å². The van der Waals surface area contributed by atoms with Crippen LogP contribution in [0, 0.1) is 5.92 Å². The molecule has 6 rings (SSSR count). The molecule has 1 N–H and O–H groups in total. The van der Waals surface area contributed by atoms with Gasteiger partial charge in [0.2, 0.25) is 0 Å². The van der Waals surface area contributed by atoms with Gasteiger partial charge in [-0.25, -0.2) is 10.5 Å². The highest BCUT2D eigenvalue weighted by atomic mass is 79.9. The number of imidazole rings is 1. The average molecular weight is 672 g/mol. The summed E-state index contributed by atoms with van der Waals surface area (Å²) in [4.78, 5) is 51.5. The second kappa shape index (κ2) is 12.4. The van der Waals surface area contributed by atoms with Crippen LogP contribution in [-0.4, -0.2) is 50.0 Å². The Kier molecular flexibility index (Phi) is 8.35. The summed E-state index contributed by atoms with van der Waals surface area (Å²) in [7, 11) is 0. The minimum atomic E-state index is -1.14. The van der Waals surface area contributed by atoms with Crippen LogP contribution >= 0.6 is 27.5 Å². The third-order valence-electron chi connectivity index (χ3n) is 7.99. The molecule has 44 heavy (non-hydrogen) atoms. The van der Waals surface area contributed by atoms with Gasteiger partial charge in [-0.3, -0.25) is 24.1 Å². The van der Waals surface area contributed by atoms with Crippen LogP contribution in [0.15, 0.2) is 108 Å². The number of nitrogens with zero attached hydrogens (tertiary/aromatic N) is 3. The first-order chi connectivity index (χ1) is 21.3. The molecule has 0 spiro atoms. The van der Waals surface area contributed by atoms with Gasteiger partial charge in [0.05, 0.1) is 27.2 Å². The predicted octanol–water partition coefficient (Wildman–Crippen LogP) is 6.58. The maximum Gasteiger partial charge on any atom is 0.274 e. The van der Waals surface area contributed by atoms with Gasteiger partial charge in [0.1, 0.15) is 5.60 Å². The molecule has 3 aromatic carbocycles. The molecule has 0 aliphatic carbocycles. The molecule has 0 bridgehead atoms. The number of nitrogens with one attached hydrogen (secondary N) is 1. The van der Waals surface area contributed by atoms with Gasteiger partial charge in [-0.05, 0) is 71.2 Å². The van der Waals surface area contributed by atoms with Crippen molar-refractivity contribution in [1.29, 1.82) is 0 Å². The molecule has 0 saturated carbocycles. The molecule has 1 aliphatic rings. The van der Waals surface area contributed by atoms with E-state index < -0.39 is 17.4 Å². The highest BCUT2D eigenvalue weighted by molar-refractivity contribution is 9.10. The van der Waals surface area contributed by atoms with Crippen molar-refractivity contribution in [2.24, 2.45) is 5.92 Å². The van der Waals surface area contributed by atoms with Gasteiger partial charge in [0.15, 0.2) is 5.65 Å². The summed E-state index contributed by atoms with van der Waals surface area (Å²) in [5.74, 6) is -1.65. The Hall–Kier alpha value is -4.31. The smallest absolute Gasteiger partial charge is 0.274 e. The quantitative estimate of drug-likeness (QED) is 0.103. The lowest BCUT2D eigenvalue weighted by molar-refractivity contribution is -0.104. The molecule has 0 saturated heterocycles. The molecule has 10 heteroatoms. The van der Waals surface area contributed by atoms with Crippen molar-refractivity contribution < 1.29 is 19.2 Å². The SMILES string of the molecule is CC(CCl)(ONC(=O)c1ccccc1)[C@@H](Cc1ccc(-c2cn3cccc(Br)c3n2)cc1)CN1C(=O)c2ccccc2C1=O. The van der Waals surface area contributed by atoms with E-state index in [1.54, 1.807) is 55.5 Å². The summed E-state index contributed by atoms with van der Waals surface area (Å²) in [6, 6.07) is 27.3. The van der Waals surface area contributed by atoms with Crippen LogP contribution in [-0.2, 0) is 11.3 Å². The Morgan fingerprint density at radius 2 is 1.61 bits per heavy atom. The van der Waals surface area contributed by atoms with Crippen molar-refractivity contribution in [3.63, 3.8) is 0 Å². The standard InChI is InChI=1S/C34H28BrClN4O4/c1-34(21-36,44-38-31(41)24-8-3-2-4-9-24)25(19-40-32(42)26-10-5-6-11-27(26)33(40)43)18-22-13-15-23(16-14-22)29-20-39-17-7-12-28(35)30(39)37-29/h2-17,20,25H,18-19,21H2,1H3,(H,38,41)/t25-,34?/m0/s1. The normalized spacial score (nSPS) is 14.8. The number of hydroxylamine groups is 1. The fraction of sp³-hybridized carbons (Fsp3) is 0.176. The fourth-order valence-electron chi connectivity index (χ4n) is 5.34. The maximum absolute atomic E-state index is 13.3. The number of carbonyl (C=O) groups excluding carboxylic acids is 3. The van der Waals surface area contributed by atoms with Gasteiger partial charge < -0.3 is 4.40 Å². The van der Waals surface area contributed by atoms with E-state index in [0.29, 0.717) is 23.1 Å². The van der Waals surface area contributed by atoms with E-state index in [2.05, 4.69) is 21.4 Å². The van der Waals surface area contributed by atoms with Gasteiger partial charge in [-0.15, -0.1) is 11.6 Å². The summed E-state index contributed by atoms with van der Waals surface area (Å²) in [5, 5.41) is 0. The van der Waals surface area contributed by atoms with Gasteiger partial charge in [-0.1, -0.05) is 54.6 Å². The van der Waals surface area contributed by atoms with Crippen LogP contribution in [0.5, 0.6) is 0 Å². The highest BCUT2D eigenvalue weighted by Crippen LogP contribution is 2.32. The minimum absolute atomic E-state index is 0.00981. The third kappa shape index (κ3) is 5.78. The number of rotatable bonds is 10. The second-order valence-corrected chi connectivity index (χ2v) is 12.0. The molecule has 0 radical (unpaired) electrons. The highest BCUT2D eigenvalue weighted by Gasteiger charge is 2.43. The fourth-order valence-corrected chi connectivity index (χ4v) is 6.06. The first-order valence-corrected chi connectivity index (χ1v) is 15.4. The van der Waals surface area contributed by atoms with Crippen LogP contribution < -0.4 is 5.48 Å². The molecule has 0 fully saturated rings. The summed E-state index contributed by atoms with van der Waals surface area (Å²) < 4.78 is 2.86. The van der Waals surface area contributed by atoms with Crippen molar-refractivity contribution in [2.75, 3.05) is 12.4 Å². The van der Waals surface area contributed by atoms with Crippen LogP contribution in [0.4, 0.5) is 0 Å². The van der Waals surface area contributed by atoms with Crippen molar-refractivity contribution in [3.8, 4) is 11.3 Å². The van der Waals surface area contributed by atoms with E-state index in [4.69, 9.17) is 21.4 Å². The Bertz CT molecular complexity index is 1830. The topological polar surface area (TPSA) is 93.0 Å². The van der Waals surface area contributed by atoms with Crippen LogP contribution in [0.25, 0.3) is 16.9 Å². The summed E-state index contributed by atoms with van der Waals surface area (Å²) in [6.07, 6.45) is 4.32. The maximum atomic E-state index is 13.3. The van der Waals surface area contributed by atoms with E-state index in [9.17, 15) is 14.4 Å². The zero-order valence-electron chi connectivity index (χ0n) is 23.7. The molecule has 2 atom stereocenters. The zero-order valence-corrected chi connectivity index (χ0v) is 26.1. The summed E-state index contributed by atoms with van der Waals surface area (Å²) in [6.45, 7) is 1.82. The number of alkyl halides is 1. The molecule has 8 nitrogen and oxygen atoms in total. The Morgan fingerprint density at radius 1 is 0.955 bits per heavy atom. The number of hydrogen-bond acceptors (Lipinski definition) is 5. The van der Waals surface area contributed by atoms with Crippen molar-refractivity contribution in [1.82, 2.24) is 19.8 Å². The first-order valence-electron chi connectivity index (χ1n) is 14.0. The number of aromatic nitrogens is 2. The number of benzene rings is 3. The van der Waals surface area contributed by atoms with E-state index >= 15 is 0 Å². The number of amides is 3. The van der Waals surface area contributed by atoms with Gasteiger partial charge >= 0.3 is 0 Å². The van der Waals surface area contributed by atoms with E-state index in [1.807, 2.05) is 59.3 Å². The lowest BCUT2D eigenvalue weighted by Gasteiger charge is -2.37. The number of halogens is 2. The Morgan fingerprint density at radius 3 is 2.25 bits per heavy atom. The number of fused-ring (bicyclic) bond motifs is 2. The van der Waals surface area contributed by atoms with Crippen LogP contribution in [0.2, 0.25) is 0 Å². The zero-order chi connectivity index (χ0) is 30.8. The lowest BCUT2D eigenvalue weighted by Crippen LogP contribution is -2.51. The van der Waals surface area contributed by atoms with Gasteiger partial charge in [0, 0.05) is 36.0 Å². The van der Waals surface area contributed by atoms with E-state index in [-0.39, 0.29) is 24.2 Å². The predicted molar refractivity (Wildman–Crippen MR) is 171 cm³/mol. The van der Waals surface area contributed by atoms with Crippen molar-refractivity contribution in [3.05, 3.63) is 130 Å². The number of carbonyl (C=O) groups is 3. The third-order valence-corrected chi connectivity index (χ3v) is 9.14. The molecular formula is C34H28BrClN4O4. The first kappa shape index (κ1) is 29.7. The second-order valence-electron chi connectivity index (χ2n) is 10.9. The summed E-state index contributed by atoms with van der Waals surface area (Å²) in [5.41, 5.74) is 6.08. The molecular weight excluding hydrogens is 644 g/mol. The molecule has 3 heterocycles. The Balaban J connectivity index is 1.27. The van der Waals surface area contributed by atoms with Crippen LogP contribution in [0.1, 0.15) is 43.6 Å². The number of pyridine rings is 1. The summed E-state index contributed by atoms with van der Waals surface area (Å²) >= 11 is 10.1. The molecule has 3 amide bonds. The van der Waals surface area contributed by atoms with E-state index in [0.717, 1.165) is 26.9 Å². The Labute approximate surface area is 267 Å². The largest absolute Gasteiger partial charge is 0.306 e. The average Bonchev–Trinajstić information content (AvgIpc) is 3.60. The molecule has 222 valence electrons. The molecule has 5 aromatic rings. The van der Waals surface area contributed by atoms with Gasteiger partial charge in [0.25, 0.3) is 17.7 Å². The lowest BCUT2D eigenvalue weighted by atomic mass is 9.84.